The minimum absolute atomic E-state index is 0.850. The first-order valence-electron chi connectivity index (χ1n) is 4.03. The van der Waals surface area contributed by atoms with Gasteiger partial charge in [-0.1, -0.05) is 0 Å². The molecule has 3 aliphatic rings. The van der Waals surface area contributed by atoms with E-state index in [4.69, 9.17) is 0 Å². The molecule has 0 radical (unpaired) electrons. The molecule has 1 aliphatic carbocycles. The summed E-state index contributed by atoms with van der Waals surface area (Å²) in [5.41, 5.74) is 1.70. The van der Waals surface area contributed by atoms with Gasteiger partial charge in [0, 0.05) is 23.0 Å². The monoisotopic (exact) mass is 172 g/mol. The minimum atomic E-state index is 0.850. The van der Waals surface area contributed by atoms with Gasteiger partial charge in [0.15, 0.2) is 0 Å². The van der Waals surface area contributed by atoms with E-state index in [1.54, 1.807) is 12.8 Å². The minimum Gasteiger partial charge on any atom is -0.161 e. The molecule has 2 aliphatic heterocycles. The van der Waals surface area contributed by atoms with Crippen molar-refractivity contribution in [2.75, 3.05) is 23.0 Å². The van der Waals surface area contributed by atoms with Crippen LogP contribution in [0.5, 0.6) is 0 Å². The fourth-order valence-corrected chi connectivity index (χ4v) is 6.94. The summed E-state index contributed by atoms with van der Waals surface area (Å²) in [5, 5.41) is 0. The van der Waals surface area contributed by atoms with Crippen LogP contribution in [-0.2, 0) is 0 Å². The predicted molar refractivity (Wildman–Crippen MR) is 48.8 cm³/mol. The first kappa shape index (κ1) is 6.24. The molecular weight excluding hydrogens is 160 g/mol. The fraction of sp³-hybridized carbons (Fsp3) is 1.00. The van der Waals surface area contributed by atoms with Crippen molar-refractivity contribution in [3.05, 3.63) is 0 Å². The summed E-state index contributed by atoms with van der Waals surface area (Å²) in [7, 11) is 0. The van der Waals surface area contributed by atoms with E-state index < -0.39 is 0 Å². The second-order valence-electron chi connectivity index (χ2n) is 4.05. The van der Waals surface area contributed by atoms with Crippen LogP contribution in [0.15, 0.2) is 0 Å². The van der Waals surface area contributed by atoms with Crippen LogP contribution in [0.1, 0.15) is 12.8 Å². The van der Waals surface area contributed by atoms with Crippen LogP contribution < -0.4 is 0 Å². The summed E-state index contributed by atoms with van der Waals surface area (Å²) < 4.78 is 0. The normalized spacial score (nSPS) is 57.6. The van der Waals surface area contributed by atoms with Gasteiger partial charge in [-0.15, -0.1) is 0 Å². The third-order valence-corrected chi connectivity index (χ3v) is 6.75. The molecule has 3 rings (SSSR count). The lowest BCUT2D eigenvalue weighted by molar-refractivity contribution is 0.0255. The third-order valence-electron chi connectivity index (χ3n) is 3.72. The molecule has 0 amide bonds. The molecule has 0 aromatic heterocycles. The average molecular weight is 172 g/mol. The van der Waals surface area contributed by atoms with Gasteiger partial charge in [-0.25, -0.2) is 0 Å². The SMILES string of the molecule is C1CC23CSCC12CSC3. The van der Waals surface area contributed by atoms with Gasteiger partial charge in [-0.05, 0) is 23.7 Å². The summed E-state index contributed by atoms with van der Waals surface area (Å²) in [6.45, 7) is 0. The van der Waals surface area contributed by atoms with E-state index in [1.807, 2.05) is 0 Å². The lowest BCUT2D eigenvalue weighted by atomic mass is 9.53. The van der Waals surface area contributed by atoms with Crippen molar-refractivity contribution in [3.63, 3.8) is 0 Å². The Morgan fingerprint density at radius 1 is 0.700 bits per heavy atom. The molecule has 1 saturated carbocycles. The number of hydrogen-bond acceptors (Lipinski definition) is 2. The van der Waals surface area contributed by atoms with Gasteiger partial charge in [0.05, 0.1) is 0 Å². The van der Waals surface area contributed by atoms with Crippen molar-refractivity contribution in [2.24, 2.45) is 10.8 Å². The molecule has 2 heteroatoms. The van der Waals surface area contributed by atoms with E-state index >= 15 is 0 Å². The molecule has 0 atom stereocenters. The molecule has 0 bridgehead atoms. The van der Waals surface area contributed by atoms with E-state index in [0.29, 0.717) is 0 Å². The Labute approximate surface area is 70.5 Å². The molecule has 0 unspecified atom stereocenters. The quantitative estimate of drug-likeness (QED) is 0.549. The Morgan fingerprint density at radius 2 is 1.10 bits per heavy atom. The fourth-order valence-electron chi connectivity index (χ4n) is 2.70. The van der Waals surface area contributed by atoms with Crippen molar-refractivity contribution < 1.29 is 0 Å². The van der Waals surface area contributed by atoms with Crippen LogP contribution in [0.2, 0.25) is 0 Å². The molecule has 0 spiro atoms. The Kier molecular flexibility index (Phi) is 1.07. The van der Waals surface area contributed by atoms with Crippen molar-refractivity contribution in [2.45, 2.75) is 12.8 Å². The Morgan fingerprint density at radius 3 is 1.40 bits per heavy atom. The molecule has 0 aromatic rings. The van der Waals surface area contributed by atoms with Gasteiger partial charge < -0.3 is 0 Å². The van der Waals surface area contributed by atoms with Crippen LogP contribution in [0.3, 0.4) is 0 Å². The lowest BCUT2D eigenvalue weighted by Crippen LogP contribution is -2.49. The van der Waals surface area contributed by atoms with Gasteiger partial charge >= 0.3 is 0 Å². The predicted octanol–water partition coefficient (Wildman–Crippen LogP) is 2.25. The summed E-state index contributed by atoms with van der Waals surface area (Å²) >= 11 is 4.43. The van der Waals surface area contributed by atoms with Crippen molar-refractivity contribution >= 4 is 23.5 Å². The molecule has 3 fully saturated rings. The second-order valence-corrected chi connectivity index (χ2v) is 6.02. The number of hydrogen-bond donors (Lipinski definition) is 0. The Bertz CT molecular complexity index is 148. The van der Waals surface area contributed by atoms with Gasteiger partial charge in [0.2, 0.25) is 0 Å². The molecular formula is C8H12S2. The van der Waals surface area contributed by atoms with E-state index in [-0.39, 0.29) is 0 Å². The number of rotatable bonds is 0. The average Bonchev–Trinajstić information content (AvgIpc) is 2.16. The summed E-state index contributed by atoms with van der Waals surface area (Å²) in [6, 6.07) is 0. The molecule has 2 heterocycles. The molecule has 0 N–H and O–H groups in total. The second kappa shape index (κ2) is 1.71. The zero-order chi connectivity index (χ0) is 6.66. The highest BCUT2D eigenvalue weighted by atomic mass is 32.2. The standard InChI is InChI=1S/C8H12S2/c1-2-8-5-9-3-7(1,8)4-10-6-8/h1-6H2. The van der Waals surface area contributed by atoms with E-state index in [9.17, 15) is 0 Å². The van der Waals surface area contributed by atoms with Crippen LogP contribution >= 0.6 is 23.5 Å². The lowest BCUT2D eigenvalue weighted by Gasteiger charge is -2.49. The largest absolute Gasteiger partial charge is 0.161 e. The molecule has 0 aromatic carbocycles. The van der Waals surface area contributed by atoms with Crippen LogP contribution in [-0.4, -0.2) is 23.0 Å². The first-order valence-corrected chi connectivity index (χ1v) is 6.34. The van der Waals surface area contributed by atoms with Crippen molar-refractivity contribution in [1.29, 1.82) is 0 Å². The van der Waals surface area contributed by atoms with E-state index in [0.717, 1.165) is 10.8 Å². The highest BCUT2D eigenvalue weighted by Crippen LogP contribution is 2.70. The zero-order valence-electron chi connectivity index (χ0n) is 6.06. The van der Waals surface area contributed by atoms with Gasteiger partial charge in [0.25, 0.3) is 0 Å². The maximum atomic E-state index is 2.21. The zero-order valence-corrected chi connectivity index (χ0v) is 7.69. The highest BCUT2D eigenvalue weighted by Gasteiger charge is 2.64. The molecule has 56 valence electrons. The summed E-state index contributed by atoms with van der Waals surface area (Å²) in [6.07, 6.45) is 3.10. The van der Waals surface area contributed by atoms with Gasteiger partial charge in [-0.3, -0.25) is 0 Å². The van der Waals surface area contributed by atoms with E-state index in [1.165, 1.54) is 23.0 Å². The third kappa shape index (κ3) is 0.482. The van der Waals surface area contributed by atoms with Crippen LogP contribution in [0.4, 0.5) is 0 Å². The van der Waals surface area contributed by atoms with Crippen molar-refractivity contribution in [1.82, 2.24) is 0 Å². The molecule has 2 saturated heterocycles. The van der Waals surface area contributed by atoms with Crippen molar-refractivity contribution in [3.8, 4) is 0 Å². The van der Waals surface area contributed by atoms with Gasteiger partial charge in [-0.2, -0.15) is 23.5 Å². The summed E-state index contributed by atoms with van der Waals surface area (Å²) in [4.78, 5) is 0. The Balaban J connectivity index is 2.05. The summed E-state index contributed by atoms with van der Waals surface area (Å²) in [5.74, 6) is 5.94. The maximum Gasteiger partial charge on any atom is 0.000325 e. The molecule has 10 heavy (non-hydrogen) atoms. The van der Waals surface area contributed by atoms with Gasteiger partial charge in [0.1, 0.15) is 0 Å². The van der Waals surface area contributed by atoms with Crippen LogP contribution in [0, 0.1) is 10.8 Å². The topological polar surface area (TPSA) is 0 Å². The molecule has 0 nitrogen and oxygen atoms in total. The van der Waals surface area contributed by atoms with Crippen LogP contribution in [0.25, 0.3) is 0 Å². The highest BCUT2D eigenvalue weighted by molar-refractivity contribution is 8.01. The number of thioether (sulfide) groups is 2. The maximum absolute atomic E-state index is 2.21. The smallest absolute Gasteiger partial charge is 0.000325 e. The van der Waals surface area contributed by atoms with E-state index in [2.05, 4.69) is 23.5 Å². The Hall–Kier alpha value is 0.700. The first-order chi connectivity index (χ1) is 4.87.